The maximum Gasteiger partial charge on any atom is 0.405 e. The van der Waals surface area contributed by atoms with Gasteiger partial charge in [0.1, 0.15) is 23.7 Å². The number of likely N-dealkylation sites (tertiary alicyclic amines) is 1. The van der Waals surface area contributed by atoms with Crippen LogP contribution in [0.5, 0.6) is 11.5 Å². The molecule has 78 heavy (non-hydrogen) atoms. The van der Waals surface area contributed by atoms with Crippen molar-refractivity contribution in [3.63, 3.8) is 0 Å². The fourth-order valence-electron chi connectivity index (χ4n) is 10.7. The van der Waals surface area contributed by atoms with Gasteiger partial charge in [0.25, 0.3) is 5.91 Å². The highest BCUT2D eigenvalue weighted by Crippen LogP contribution is 2.38. The van der Waals surface area contributed by atoms with E-state index < -0.39 is 18.6 Å². The molecule has 2 aromatic heterocycles. The summed E-state index contributed by atoms with van der Waals surface area (Å²) in [5, 5.41) is 24.0. The monoisotopic (exact) mass is 1070 g/mol. The number of carbonyl (C=O) groups is 3. The summed E-state index contributed by atoms with van der Waals surface area (Å²) >= 11 is 0. The number of hydrogen-bond donors (Lipinski definition) is 3. The lowest BCUT2D eigenvalue weighted by Gasteiger charge is -2.40. The molecule has 3 aliphatic rings. The van der Waals surface area contributed by atoms with Crippen molar-refractivity contribution in [1.82, 2.24) is 44.7 Å². The van der Waals surface area contributed by atoms with Crippen LogP contribution in [0.3, 0.4) is 0 Å². The van der Waals surface area contributed by atoms with E-state index in [1.54, 1.807) is 37.5 Å². The van der Waals surface area contributed by atoms with Crippen LogP contribution in [0.2, 0.25) is 0 Å². The molecule has 0 aliphatic carbocycles. The van der Waals surface area contributed by atoms with Crippen molar-refractivity contribution in [2.45, 2.75) is 59.2 Å². The molecule has 6 aromatic rings. The zero-order chi connectivity index (χ0) is 55.1. The molecule has 0 saturated carbocycles. The van der Waals surface area contributed by atoms with Crippen LogP contribution < -0.4 is 30.1 Å². The zero-order valence-corrected chi connectivity index (χ0v) is 44.8. The number of halogens is 3. The number of amides is 3. The fourth-order valence-corrected chi connectivity index (χ4v) is 10.7. The van der Waals surface area contributed by atoms with Gasteiger partial charge in [0.05, 0.1) is 24.1 Å². The van der Waals surface area contributed by atoms with Crippen molar-refractivity contribution in [2.75, 3.05) is 106 Å². The zero-order valence-electron chi connectivity index (χ0n) is 44.8. The Kier molecular flexibility index (Phi) is 17.1. The molecule has 21 heteroatoms. The van der Waals surface area contributed by atoms with Gasteiger partial charge in [-0.3, -0.25) is 23.9 Å². The van der Waals surface area contributed by atoms with E-state index in [0.717, 1.165) is 119 Å². The third-order valence-corrected chi connectivity index (χ3v) is 15.0. The fraction of sp³-hybridized carbons (Fsp3) is 0.421. The highest BCUT2D eigenvalue weighted by Gasteiger charge is 2.33. The summed E-state index contributed by atoms with van der Waals surface area (Å²) in [6.45, 7) is 13.1. The Morgan fingerprint density at radius 3 is 2.23 bits per heavy atom. The minimum Gasteiger partial charge on any atom is -0.507 e. The second-order valence-corrected chi connectivity index (χ2v) is 20.5. The first kappa shape index (κ1) is 55.0. The van der Waals surface area contributed by atoms with Crippen molar-refractivity contribution in [2.24, 2.45) is 11.8 Å². The van der Waals surface area contributed by atoms with E-state index in [4.69, 9.17) is 9.72 Å². The normalized spacial score (nSPS) is 16.0. The average molecular weight is 1070 g/mol. The Labute approximate surface area is 452 Å². The van der Waals surface area contributed by atoms with E-state index in [-0.39, 0.29) is 29.2 Å². The highest BCUT2D eigenvalue weighted by atomic mass is 19.4. The molecule has 4 aromatic carbocycles. The number of phenolic OH excluding ortho intramolecular Hbond substituents is 1. The number of nitrogens with one attached hydrogen (secondary N) is 2. The van der Waals surface area contributed by atoms with Crippen LogP contribution in [0.15, 0.2) is 91.1 Å². The molecule has 412 valence electrons. The Morgan fingerprint density at radius 2 is 1.54 bits per heavy atom. The number of carbonyl (C=O) groups excluding carboxylic acids is 3. The number of hydrogen-bond acceptors (Lipinski definition) is 14. The van der Waals surface area contributed by atoms with Gasteiger partial charge in [-0.1, -0.05) is 42.0 Å². The Bertz CT molecular complexity index is 3060. The van der Waals surface area contributed by atoms with E-state index >= 15 is 0 Å². The van der Waals surface area contributed by atoms with Gasteiger partial charge in [0, 0.05) is 109 Å². The molecule has 3 saturated heterocycles. The van der Waals surface area contributed by atoms with E-state index in [2.05, 4.69) is 46.2 Å². The Hall–Kier alpha value is -7.78. The number of ether oxygens (including phenoxy) is 1. The molecule has 3 fully saturated rings. The minimum atomic E-state index is -4.61. The predicted molar refractivity (Wildman–Crippen MR) is 294 cm³/mol. The summed E-state index contributed by atoms with van der Waals surface area (Å²) in [7, 11) is 3.59. The number of nitrogens with zero attached hydrogens (tertiary/aromatic N) is 11. The van der Waals surface area contributed by atoms with Gasteiger partial charge in [-0.25, -0.2) is 4.98 Å². The SMILES string of the molecule is CCOc1cc(N2CCC(C(=O)N3CCC(CN4CCN(Cc5ccc(-n6c(C(=O)NCC(F)(F)F)nnc6-c6cc(C)ccc6O)cc5)CC4)CC3)CC2)ccc1Nc1ncc(N(C)C=O)c(N(C)c2ccccc2C)n1. The molecule has 5 heterocycles. The first-order chi connectivity index (χ1) is 37.5. The lowest BCUT2D eigenvalue weighted by Crippen LogP contribution is -2.49. The van der Waals surface area contributed by atoms with Gasteiger partial charge < -0.3 is 45.0 Å². The van der Waals surface area contributed by atoms with Crippen molar-refractivity contribution in [3.05, 3.63) is 114 Å². The topological polar surface area (TPSA) is 181 Å². The third-order valence-electron chi connectivity index (χ3n) is 15.0. The second-order valence-electron chi connectivity index (χ2n) is 20.5. The summed E-state index contributed by atoms with van der Waals surface area (Å²) in [5.41, 5.74) is 6.90. The quantitative estimate of drug-likeness (QED) is 0.0703. The summed E-state index contributed by atoms with van der Waals surface area (Å²) in [5.74, 6) is 0.999. The van der Waals surface area contributed by atoms with Gasteiger partial charge in [0.15, 0.2) is 11.6 Å². The van der Waals surface area contributed by atoms with Crippen LogP contribution in [0, 0.1) is 25.7 Å². The largest absolute Gasteiger partial charge is 0.507 e. The number of phenols is 1. The second kappa shape index (κ2) is 24.3. The number of rotatable bonds is 18. The van der Waals surface area contributed by atoms with Crippen molar-refractivity contribution in [3.8, 4) is 28.6 Å². The Morgan fingerprint density at radius 1 is 0.833 bits per heavy atom. The van der Waals surface area contributed by atoms with Crippen LogP contribution >= 0.6 is 0 Å². The lowest BCUT2D eigenvalue weighted by molar-refractivity contribution is -0.137. The van der Waals surface area contributed by atoms with E-state index in [1.807, 2.05) is 86.6 Å². The number of aryl methyl sites for hydroxylation is 2. The molecule has 18 nitrogen and oxygen atoms in total. The van der Waals surface area contributed by atoms with Crippen LogP contribution in [0.4, 0.5) is 47.7 Å². The van der Waals surface area contributed by atoms with Crippen LogP contribution in [-0.2, 0) is 16.1 Å². The predicted octanol–water partition coefficient (Wildman–Crippen LogP) is 8.11. The Balaban J connectivity index is 0.735. The summed E-state index contributed by atoms with van der Waals surface area (Å²) in [4.78, 5) is 60.9. The van der Waals surface area contributed by atoms with Crippen LogP contribution in [-0.4, -0.2) is 155 Å². The highest BCUT2D eigenvalue weighted by molar-refractivity contribution is 5.92. The molecular weight excluding hydrogens is 1000 g/mol. The molecule has 0 radical (unpaired) electrons. The van der Waals surface area contributed by atoms with Crippen LogP contribution in [0.25, 0.3) is 17.1 Å². The van der Waals surface area contributed by atoms with Gasteiger partial charge in [-0.05, 0) is 106 Å². The van der Waals surface area contributed by atoms with Crippen molar-refractivity contribution in [1.29, 1.82) is 0 Å². The lowest BCUT2D eigenvalue weighted by atomic mass is 9.91. The molecule has 3 amide bonds. The number of para-hydroxylation sites is 1. The van der Waals surface area contributed by atoms with Crippen LogP contribution in [0.1, 0.15) is 59.9 Å². The van der Waals surface area contributed by atoms with Gasteiger partial charge in [0.2, 0.25) is 24.1 Å². The summed E-state index contributed by atoms with van der Waals surface area (Å²) < 4.78 is 46.6. The molecule has 0 bridgehead atoms. The number of piperidine rings is 2. The number of piperazine rings is 1. The van der Waals surface area contributed by atoms with E-state index in [9.17, 15) is 32.7 Å². The number of benzene rings is 4. The van der Waals surface area contributed by atoms with E-state index in [0.29, 0.717) is 59.2 Å². The van der Waals surface area contributed by atoms with Gasteiger partial charge in [-0.2, -0.15) is 18.2 Å². The third kappa shape index (κ3) is 13.0. The average Bonchev–Trinajstić information content (AvgIpc) is 3.98. The minimum absolute atomic E-state index is 0.0103. The first-order valence-electron chi connectivity index (χ1n) is 26.6. The van der Waals surface area contributed by atoms with Gasteiger partial charge >= 0.3 is 6.18 Å². The molecule has 3 aliphatic heterocycles. The maximum atomic E-state index is 13.9. The van der Waals surface area contributed by atoms with Gasteiger partial charge in [-0.15, -0.1) is 10.2 Å². The maximum absolute atomic E-state index is 13.9. The smallest absolute Gasteiger partial charge is 0.405 e. The van der Waals surface area contributed by atoms with E-state index in [1.165, 1.54) is 15.5 Å². The van der Waals surface area contributed by atoms with Crippen molar-refractivity contribution < 1.29 is 37.4 Å². The summed E-state index contributed by atoms with van der Waals surface area (Å²) in [6, 6.07) is 26.3. The molecule has 0 unspecified atom stereocenters. The molecule has 0 atom stereocenters. The molecule has 9 rings (SSSR count). The number of aromatic hydroxyl groups is 1. The first-order valence-corrected chi connectivity index (χ1v) is 26.6. The number of aromatic nitrogens is 5. The summed E-state index contributed by atoms with van der Waals surface area (Å²) in [6.07, 6.45) is 1.28. The van der Waals surface area contributed by atoms with Crippen molar-refractivity contribution >= 4 is 52.7 Å². The number of alkyl halides is 3. The molecule has 3 N–H and O–H groups in total. The molecule has 0 spiro atoms. The number of anilines is 6. The molecular formula is C57H68F3N13O5. The standard InChI is InChI=1S/C57H68F3N13O5/c1-6-78-50-32-44(16-17-46(50)63-56-61-33-48(67(4)37-74)52(64-56)68(5)47-10-8-7-9-39(47)3)71-25-21-42(22-26-71)55(77)72-23-19-41(20-24-72)35-70-29-27-69(28-30-70)34-40-12-14-43(15-13-40)73-51(45-31-38(2)11-18-49(45)75)65-66-53(73)54(76)62-36-57(58,59)60/h7-18,31-33,37,41-42,75H,6,19-30,34-36H2,1-5H3,(H,62,76)(H,61,63,64).